The Morgan fingerprint density at radius 3 is 2.38 bits per heavy atom. The van der Waals surface area contributed by atoms with E-state index < -0.39 is 4.92 Å². The van der Waals surface area contributed by atoms with Crippen LogP contribution in [0.4, 0.5) is 11.4 Å². The summed E-state index contributed by atoms with van der Waals surface area (Å²) in [5.41, 5.74) is 1.15. The smallest absolute Gasteiger partial charge is 0.269 e. The van der Waals surface area contributed by atoms with Crippen molar-refractivity contribution in [2.75, 3.05) is 57.4 Å². The highest BCUT2D eigenvalue weighted by Gasteiger charge is 2.27. The van der Waals surface area contributed by atoms with Crippen molar-refractivity contribution in [3.05, 3.63) is 61.5 Å². The van der Waals surface area contributed by atoms with Gasteiger partial charge in [-0.25, -0.2) is 4.98 Å². The van der Waals surface area contributed by atoms with E-state index in [0.717, 1.165) is 5.69 Å². The minimum atomic E-state index is -0.431. The van der Waals surface area contributed by atoms with Crippen LogP contribution in [0.15, 0.2) is 35.4 Å². The number of fused-ring (bicyclic) bond motifs is 1. The molecule has 2 fully saturated rings. The number of hydrogen-bond acceptors (Lipinski definition) is 9. The molecule has 1 aromatic carbocycles. The van der Waals surface area contributed by atoms with Crippen LogP contribution in [0.1, 0.15) is 15.2 Å². The molecule has 0 unspecified atom stereocenters. The second kappa shape index (κ2) is 10.3. The number of benzene rings is 1. The lowest BCUT2D eigenvalue weighted by Gasteiger charge is -2.36. The van der Waals surface area contributed by atoms with Crippen molar-refractivity contribution < 1.29 is 19.2 Å². The fraction of sp³-hybridized carbons (Fsp3) is 0.417. The highest BCUT2D eigenvalue weighted by Crippen LogP contribution is 2.29. The van der Waals surface area contributed by atoms with Crippen LogP contribution in [0.25, 0.3) is 10.2 Å². The highest BCUT2D eigenvalue weighted by atomic mass is 32.1. The summed E-state index contributed by atoms with van der Waals surface area (Å²) in [5.74, 6) is -0.319. The van der Waals surface area contributed by atoms with Crippen LogP contribution in [-0.4, -0.2) is 88.6 Å². The van der Waals surface area contributed by atoms with Gasteiger partial charge in [-0.15, -0.1) is 11.3 Å². The van der Waals surface area contributed by atoms with Crippen LogP contribution in [0.2, 0.25) is 0 Å². The Morgan fingerprint density at radius 2 is 1.73 bits per heavy atom. The molecule has 2 amide bonds. The van der Waals surface area contributed by atoms with Gasteiger partial charge in [0.15, 0.2) is 0 Å². The first-order valence-corrected chi connectivity index (χ1v) is 12.8. The normalized spacial score (nSPS) is 16.3. The standard InChI is InChI=1S/C24H26N6O6S/c1-16-20-22(25-15-29(23(20)32)14-19(31)27-10-12-36-13-11-27)37-21(16)24(33)28-8-6-26(7-9-28)17-2-4-18(5-3-17)30(34)35/h2-5,15H,6-14H2,1H3. The third-order valence-corrected chi connectivity index (χ3v) is 7.96. The molecule has 12 nitrogen and oxygen atoms in total. The summed E-state index contributed by atoms with van der Waals surface area (Å²) >= 11 is 1.19. The lowest BCUT2D eigenvalue weighted by atomic mass is 10.2. The highest BCUT2D eigenvalue weighted by molar-refractivity contribution is 7.20. The van der Waals surface area contributed by atoms with E-state index in [4.69, 9.17) is 4.74 Å². The van der Waals surface area contributed by atoms with Gasteiger partial charge in [0.05, 0.1) is 34.7 Å². The van der Waals surface area contributed by atoms with Crippen LogP contribution in [0.5, 0.6) is 0 Å². The molecule has 194 valence electrons. The number of aromatic nitrogens is 2. The average molecular weight is 527 g/mol. The van der Waals surface area contributed by atoms with Gasteiger partial charge in [-0.2, -0.15) is 0 Å². The Bertz CT molecular complexity index is 1400. The van der Waals surface area contributed by atoms with Crippen molar-refractivity contribution >= 4 is 44.7 Å². The molecule has 0 atom stereocenters. The molecule has 2 saturated heterocycles. The van der Waals surface area contributed by atoms with Gasteiger partial charge in [0.1, 0.15) is 11.4 Å². The number of aryl methyl sites for hydroxylation is 1. The molecule has 0 bridgehead atoms. The lowest BCUT2D eigenvalue weighted by Crippen LogP contribution is -2.48. The number of morpholine rings is 1. The fourth-order valence-corrected chi connectivity index (χ4v) is 5.74. The van der Waals surface area contributed by atoms with Crippen LogP contribution >= 0.6 is 11.3 Å². The van der Waals surface area contributed by atoms with Gasteiger partial charge in [0, 0.05) is 57.1 Å². The zero-order chi connectivity index (χ0) is 26.1. The van der Waals surface area contributed by atoms with Crippen molar-refractivity contribution in [3.8, 4) is 0 Å². The minimum Gasteiger partial charge on any atom is -0.378 e. The first-order chi connectivity index (χ1) is 17.8. The quantitative estimate of drug-likeness (QED) is 0.361. The summed E-state index contributed by atoms with van der Waals surface area (Å²) in [6, 6.07) is 6.38. The third-order valence-electron chi connectivity index (χ3n) is 6.77. The largest absolute Gasteiger partial charge is 0.378 e. The number of hydrogen-bond donors (Lipinski definition) is 0. The number of carbonyl (C=O) groups excluding carboxylic acids is 2. The van der Waals surface area contributed by atoms with E-state index in [1.807, 2.05) is 0 Å². The molecule has 0 spiro atoms. The predicted octanol–water partition coefficient (Wildman–Crippen LogP) is 1.50. The first kappa shape index (κ1) is 24.8. The van der Waals surface area contributed by atoms with E-state index in [-0.39, 0.29) is 29.6 Å². The van der Waals surface area contributed by atoms with Gasteiger partial charge in [-0.3, -0.25) is 29.1 Å². The Balaban J connectivity index is 1.29. The number of anilines is 1. The minimum absolute atomic E-state index is 0.0379. The zero-order valence-electron chi connectivity index (χ0n) is 20.3. The number of nitro groups is 1. The van der Waals surface area contributed by atoms with Crippen molar-refractivity contribution in [2.45, 2.75) is 13.5 Å². The third kappa shape index (κ3) is 4.91. The Kier molecular flexibility index (Phi) is 6.89. The van der Waals surface area contributed by atoms with E-state index in [2.05, 4.69) is 9.88 Å². The summed E-state index contributed by atoms with van der Waals surface area (Å²) in [4.78, 5) is 60.5. The van der Waals surface area contributed by atoms with Gasteiger partial charge in [-0.1, -0.05) is 0 Å². The molecule has 5 rings (SSSR count). The topological polar surface area (TPSA) is 131 Å². The number of non-ortho nitro benzene ring substituents is 1. The number of rotatable bonds is 5. The van der Waals surface area contributed by atoms with E-state index in [1.165, 1.54) is 34.4 Å². The Labute approximate surface area is 215 Å². The van der Waals surface area contributed by atoms with Crippen molar-refractivity contribution in [1.29, 1.82) is 0 Å². The molecule has 4 heterocycles. The Hall–Kier alpha value is -3.84. The van der Waals surface area contributed by atoms with E-state index >= 15 is 0 Å². The second-order valence-electron chi connectivity index (χ2n) is 8.96. The lowest BCUT2D eigenvalue weighted by molar-refractivity contribution is -0.384. The summed E-state index contributed by atoms with van der Waals surface area (Å²) in [6.45, 7) is 5.73. The first-order valence-electron chi connectivity index (χ1n) is 12.0. The molecule has 37 heavy (non-hydrogen) atoms. The van der Waals surface area contributed by atoms with Crippen molar-refractivity contribution in [3.63, 3.8) is 0 Å². The van der Waals surface area contributed by atoms with Crippen LogP contribution < -0.4 is 10.5 Å². The van der Waals surface area contributed by atoms with Crippen LogP contribution in [0, 0.1) is 17.0 Å². The molecule has 13 heteroatoms. The zero-order valence-corrected chi connectivity index (χ0v) is 21.1. The monoisotopic (exact) mass is 526 g/mol. The number of nitro benzene ring substituents is 1. The molecule has 2 aliphatic heterocycles. The number of nitrogens with zero attached hydrogens (tertiary/aromatic N) is 6. The molecule has 3 aromatic rings. The molecular weight excluding hydrogens is 500 g/mol. The summed E-state index contributed by atoms with van der Waals surface area (Å²) in [7, 11) is 0. The van der Waals surface area contributed by atoms with Crippen LogP contribution in [-0.2, 0) is 16.1 Å². The van der Waals surface area contributed by atoms with Gasteiger partial charge in [-0.05, 0) is 24.6 Å². The molecule has 2 aliphatic rings. The maximum Gasteiger partial charge on any atom is 0.269 e. The van der Waals surface area contributed by atoms with Crippen molar-refractivity contribution in [1.82, 2.24) is 19.4 Å². The molecule has 2 aromatic heterocycles. The Morgan fingerprint density at radius 1 is 1.05 bits per heavy atom. The van der Waals surface area contributed by atoms with E-state index in [1.54, 1.807) is 28.9 Å². The number of piperazine rings is 1. The number of amides is 2. The molecule has 0 aliphatic carbocycles. The van der Waals surface area contributed by atoms with E-state index in [0.29, 0.717) is 73.1 Å². The summed E-state index contributed by atoms with van der Waals surface area (Å²) < 4.78 is 6.58. The molecule has 0 radical (unpaired) electrons. The summed E-state index contributed by atoms with van der Waals surface area (Å²) in [6.07, 6.45) is 1.37. The number of carbonyl (C=O) groups is 2. The van der Waals surface area contributed by atoms with Crippen LogP contribution in [0.3, 0.4) is 0 Å². The molecular formula is C24H26N6O6S. The van der Waals surface area contributed by atoms with Gasteiger partial charge >= 0.3 is 0 Å². The fourth-order valence-electron chi connectivity index (χ4n) is 4.63. The van der Waals surface area contributed by atoms with Crippen molar-refractivity contribution in [2.24, 2.45) is 0 Å². The van der Waals surface area contributed by atoms with E-state index in [9.17, 15) is 24.5 Å². The van der Waals surface area contributed by atoms with Gasteiger partial charge < -0.3 is 19.4 Å². The van der Waals surface area contributed by atoms with Gasteiger partial charge in [0.2, 0.25) is 5.91 Å². The predicted molar refractivity (Wildman–Crippen MR) is 137 cm³/mol. The maximum absolute atomic E-state index is 13.4. The summed E-state index contributed by atoms with van der Waals surface area (Å²) in [5, 5.41) is 11.3. The number of ether oxygens (including phenoxy) is 1. The molecule has 0 saturated carbocycles. The maximum atomic E-state index is 13.4. The molecule has 0 N–H and O–H groups in total. The number of thiophene rings is 1. The SMILES string of the molecule is Cc1c(C(=O)N2CCN(c3ccc([N+](=O)[O-])cc3)CC2)sc2ncn(CC(=O)N3CCOCC3)c(=O)c12. The average Bonchev–Trinajstić information content (AvgIpc) is 3.27. The second-order valence-corrected chi connectivity index (χ2v) is 9.96. The van der Waals surface area contributed by atoms with Gasteiger partial charge in [0.25, 0.3) is 17.2 Å².